The van der Waals surface area contributed by atoms with Gasteiger partial charge in [-0.05, 0) is 79.7 Å². The van der Waals surface area contributed by atoms with E-state index in [-0.39, 0.29) is 5.91 Å². The molecule has 0 unspecified atom stereocenters. The second-order valence-electron chi connectivity index (χ2n) is 7.56. The van der Waals surface area contributed by atoms with Gasteiger partial charge in [-0.3, -0.25) is 4.79 Å². The van der Waals surface area contributed by atoms with Crippen LogP contribution in [0.2, 0.25) is 5.02 Å². The number of rotatable bonds is 5. The van der Waals surface area contributed by atoms with Crippen LogP contribution in [-0.4, -0.2) is 20.9 Å². The Hall–Kier alpha value is -4.16. The molecule has 33 heavy (non-hydrogen) atoms. The number of anilines is 1. The highest BCUT2D eigenvalue weighted by molar-refractivity contribution is 6.30. The van der Waals surface area contributed by atoms with E-state index in [0.29, 0.717) is 27.7 Å². The summed E-state index contributed by atoms with van der Waals surface area (Å²) < 4.78 is 5.79. The van der Waals surface area contributed by atoms with Crippen LogP contribution in [0.3, 0.4) is 0 Å². The first-order valence-corrected chi connectivity index (χ1v) is 10.7. The summed E-state index contributed by atoms with van der Waals surface area (Å²) in [6.45, 7) is 2.03. The molecule has 0 saturated heterocycles. The fourth-order valence-corrected chi connectivity index (χ4v) is 3.47. The lowest BCUT2D eigenvalue weighted by Gasteiger charge is -2.00. The van der Waals surface area contributed by atoms with Gasteiger partial charge >= 0.3 is 0 Å². The maximum Gasteiger partial charge on any atom is 0.248 e. The van der Waals surface area contributed by atoms with Gasteiger partial charge in [-0.2, -0.15) is 4.80 Å². The number of nitrogens with one attached hydrogen (secondary N) is 1. The van der Waals surface area contributed by atoms with Crippen molar-refractivity contribution in [3.63, 3.8) is 0 Å². The van der Waals surface area contributed by atoms with Crippen LogP contribution in [0.5, 0.6) is 0 Å². The first-order valence-electron chi connectivity index (χ1n) is 10.3. The number of halogens is 1. The van der Waals surface area contributed by atoms with Crippen LogP contribution in [0.4, 0.5) is 5.69 Å². The molecule has 5 rings (SSSR count). The van der Waals surface area contributed by atoms with Crippen LogP contribution in [0, 0.1) is 6.92 Å². The molecule has 0 radical (unpaired) electrons. The highest BCUT2D eigenvalue weighted by Crippen LogP contribution is 2.24. The molecule has 162 valence electrons. The molecule has 6 nitrogen and oxygen atoms in total. The predicted molar refractivity (Wildman–Crippen MR) is 130 cm³/mol. The molecular weight excluding hydrogens is 436 g/mol. The third kappa shape index (κ3) is 4.71. The fourth-order valence-electron chi connectivity index (χ4n) is 3.34. The van der Waals surface area contributed by atoms with E-state index in [2.05, 4.69) is 15.5 Å². The molecule has 7 heteroatoms. The van der Waals surface area contributed by atoms with Crippen molar-refractivity contribution in [2.24, 2.45) is 0 Å². The Morgan fingerprint density at radius 3 is 2.48 bits per heavy atom. The van der Waals surface area contributed by atoms with Gasteiger partial charge in [0.15, 0.2) is 0 Å². The molecule has 0 aliphatic carbocycles. The fraction of sp³-hybridized carbons (Fsp3) is 0.0385. The predicted octanol–water partition coefficient (Wildman–Crippen LogP) is 6.29. The van der Waals surface area contributed by atoms with E-state index in [1.54, 1.807) is 35.1 Å². The Bertz CT molecular complexity index is 1460. The third-order valence-electron chi connectivity index (χ3n) is 5.07. The average molecular weight is 455 g/mol. The topological polar surface area (TPSA) is 73.0 Å². The zero-order chi connectivity index (χ0) is 22.8. The number of hydrogen-bond donors (Lipinski definition) is 1. The zero-order valence-electron chi connectivity index (χ0n) is 17.7. The summed E-state index contributed by atoms with van der Waals surface area (Å²) in [7, 11) is 0. The Labute approximate surface area is 195 Å². The highest BCUT2D eigenvalue weighted by atomic mass is 35.5. The van der Waals surface area contributed by atoms with Crippen molar-refractivity contribution in [1.29, 1.82) is 0 Å². The van der Waals surface area contributed by atoms with E-state index < -0.39 is 0 Å². The Balaban J connectivity index is 1.27. The maximum absolute atomic E-state index is 12.4. The van der Waals surface area contributed by atoms with Crippen molar-refractivity contribution in [3.8, 4) is 17.0 Å². The lowest BCUT2D eigenvalue weighted by atomic mass is 10.2. The minimum Gasteiger partial charge on any atom is -0.457 e. The van der Waals surface area contributed by atoms with Crippen molar-refractivity contribution in [2.75, 3.05) is 5.32 Å². The van der Waals surface area contributed by atoms with Crippen LogP contribution < -0.4 is 5.32 Å². The molecule has 2 aromatic heterocycles. The lowest BCUT2D eigenvalue weighted by Crippen LogP contribution is -2.07. The summed E-state index contributed by atoms with van der Waals surface area (Å²) in [5.41, 5.74) is 5.03. The minimum absolute atomic E-state index is 0.273. The number of carbonyl (C=O) groups excluding carboxylic acids is 1. The van der Waals surface area contributed by atoms with E-state index in [9.17, 15) is 4.79 Å². The van der Waals surface area contributed by atoms with Crippen LogP contribution >= 0.6 is 11.6 Å². The summed E-state index contributed by atoms with van der Waals surface area (Å²) in [4.78, 5) is 14.0. The molecule has 0 atom stereocenters. The molecule has 1 amide bonds. The lowest BCUT2D eigenvalue weighted by molar-refractivity contribution is -0.111. The standard InChI is InChI=1S/C26H19ClN4O2/c1-17-2-9-21(10-3-17)31-29-23-13-8-20(16-24(23)30-31)28-26(32)15-12-22-11-14-25(33-22)18-4-6-19(27)7-5-18/h2-16H,1H3,(H,28,32)/b15-12-. The molecule has 3 aromatic carbocycles. The smallest absolute Gasteiger partial charge is 0.248 e. The monoisotopic (exact) mass is 454 g/mol. The summed E-state index contributed by atoms with van der Waals surface area (Å²) in [6, 6.07) is 24.4. The molecular formula is C26H19ClN4O2. The molecule has 0 aliphatic heterocycles. The normalized spacial score (nSPS) is 11.3. The number of aryl methyl sites for hydroxylation is 1. The van der Waals surface area contributed by atoms with E-state index in [4.69, 9.17) is 16.0 Å². The van der Waals surface area contributed by atoms with Crippen LogP contribution in [0.25, 0.3) is 34.1 Å². The van der Waals surface area contributed by atoms with Crippen molar-refractivity contribution >= 4 is 40.3 Å². The van der Waals surface area contributed by atoms with Gasteiger partial charge < -0.3 is 9.73 Å². The van der Waals surface area contributed by atoms with E-state index in [0.717, 1.165) is 16.8 Å². The van der Waals surface area contributed by atoms with Gasteiger partial charge in [0.25, 0.3) is 0 Å². The summed E-state index contributed by atoms with van der Waals surface area (Å²) in [5, 5.41) is 12.5. The van der Waals surface area contributed by atoms with Gasteiger partial charge in [0.05, 0.1) is 5.69 Å². The molecule has 0 bridgehead atoms. The van der Waals surface area contributed by atoms with E-state index in [1.807, 2.05) is 61.5 Å². The minimum atomic E-state index is -0.273. The third-order valence-corrected chi connectivity index (χ3v) is 5.32. The van der Waals surface area contributed by atoms with Crippen molar-refractivity contribution in [1.82, 2.24) is 15.0 Å². The van der Waals surface area contributed by atoms with Gasteiger partial charge in [-0.25, -0.2) is 0 Å². The molecule has 2 heterocycles. The molecule has 0 aliphatic rings. The first-order chi connectivity index (χ1) is 16.0. The second-order valence-corrected chi connectivity index (χ2v) is 8.00. The molecule has 1 N–H and O–H groups in total. The Kier molecular flexibility index (Phi) is 5.50. The quantitative estimate of drug-likeness (QED) is 0.316. The number of nitrogens with zero attached hydrogens (tertiary/aromatic N) is 3. The number of amides is 1. The van der Waals surface area contributed by atoms with Crippen LogP contribution in [-0.2, 0) is 4.79 Å². The largest absolute Gasteiger partial charge is 0.457 e. The average Bonchev–Trinajstić information content (AvgIpc) is 3.46. The zero-order valence-corrected chi connectivity index (χ0v) is 18.5. The van der Waals surface area contributed by atoms with E-state index in [1.165, 1.54) is 11.6 Å². The summed E-state index contributed by atoms with van der Waals surface area (Å²) >= 11 is 5.93. The number of aromatic nitrogens is 3. The number of fused-ring (bicyclic) bond motifs is 1. The highest BCUT2D eigenvalue weighted by Gasteiger charge is 2.08. The van der Waals surface area contributed by atoms with Crippen molar-refractivity contribution in [3.05, 3.63) is 101 Å². The number of furan rings is 1. The van der Waals surface area contributed by atoms with Gasteiger partial charge in [0, 0.05) is 22.3 Å². The molecule has 0 fully saturated rings. The Morgan fingerprint density at radius 2 is 1.70 bits per heavy atom. The summed E-state index contributed by atoms with van der Waals surface area (Å²) in [6.07, 6.45) is 3.05. The number of carbonyl (C=O) groups is 1. The summed E-state index contributed by atoms with van der Waals surface area (Å²) in [5.74, 6) is 1.00. The number of hydrogen-bond acceptors (Lipinski definition) is 4. The maximum atomic E-state index is 12.4. The van der Waals surface area contributed by atoms with Crippen molar-refractivity contribution < 1.29 is 9.21 Å². The van der Waals surface area contributed by atoms with Crippen LogP contribution in [0.15, 0.2) is 89.4 Å². The molecule has 5 aromatic rings. The van der Waals surface area contributed by atoms with E-state index >= 15 is 0 Å². The molecule has 0 spiro atoms. The SMILES string of the molecule is Cc1ccc(-n2nc3ccc(NC(=O)/C=C\c4ccc(-c5ccc(Cl)cc5)o4)cc3n2)cc1. The van der Waals surface area contributed by atoms with Crippen molar-refractivity contribution in [2.45, 2.75) is 6.92 Å². The molecule has 0 saturated carbocycles. The first kappa shape index (κ1) is 20.7. The van der Waals surface area contributed by atoms with Gasteiger partial charge in [-0.1, -0.05) is 29.3 Å². The Morgan fingerprint density at radius 1 is 0.939 bits per heavy atom. The number of benzene rings is 3. The second kappa shape index (κ2) is 8.76. The van der Waals surface area contributed by atoms with Gasteiger partial charge in [-0.15, -0.1) is 10.2 Å². The van der Waals surface area contributed by atoms with Gasteiger partial charge in [0.1, 0.15) is 22.6 Å². The van der Waals surface area contributed by atoms with Crippen LogP contribution in [0.1, 0.15) is 11.3 Å². The van der Waals surface area contributed by atoms with Gasteiger partial charge in [0.2, 0.25) is 5.91 Å².